The van der Waals surface area contributed by atoms with Crippen molar-refractivity contribution in [3.63, 3.8) is 0 Å². The van der Waals surface area contributed by atoms with Gasteiger partial charge in [0.25, 0.3) is 15.0 Å². The second-order valence-electron chi connectivity index (χ2n) is 5.35. The largest absolute Gasteiger partial charge is 0.352 e. The number of hydrogen-bond donors (Lipinski definition) is 1. The molecule has 0 bridgehead atoms. The molecule has 4 nitrogen and oxygen atoms in total. The molecule has 0 aromatic heterocycles. The summed E-state index contributed by atoms with van der Waals surface area (Å²) >= 11 is 0. The molecule has 1 atom stereocenters. The Morgan fingerprint density at radius 3 is 2.40 bits per heavy atom. The van der Waals surface area contributed by atoms with Gasteiger partial charge in [0, 0.05) is 22.8 Å². The Balaban J connectivity index is 2.93. The van der Waals surface area contributed by atoms with Crippen molar-refractivity contribution in [1.82, 2.24) is 5.32 Å². The fourth-order valence-electron chi connectivity index (χ4n) is 1.58. The predicted octanol–water partition coefficient (Wildman–Crippen LogP) is 2.94. The van der Waals surface area contributed by atoms with Crippen molar-refractivity contribution in [1.29, 1.82) is 0 Å². The summed E-state index contributed by atoms with van der Waals surface area (Å²) in [6, 6.07) is 4.29. The third kappa shape index (κ3) is 4.49. The number of carbonyl (C=O) groups excluding carboxylic acids is 1. The molecule has 0 aliphatic rings. The van der Waals surface area contributed by atoms with Gasteiger partial charge in [-0.05, 0) is 36.5 Å². The van der Waals surface area contributed by atoms with Crippen molar-refractivity contribution in [3.8, 4) is 0 Å². The average molecular weight is 318 g/mol. The first-order valence-electron chi connectivity index (χ1n) is 6.46. The van der Waals surface area contributed by atoms with Gasteiger partial charge in [-0.1, -0.05) is 26.8 Å². The van der Waals surface area contributed by atoms with Crippen LogP contribution < -0.4 is 5.32 Å². The fraction of sp³-hybridized carbons (Fsp3) is 0.500. The maximum Gasteiger partial charge on any atom is 0.261 e. The number of carbonyl (C=O) groups is 1. The summed E-state index contributed by atoms with van der Waals surface area (Å²) in [5.74, 6) is 0.530. The summed E-state index contributed by atoms with van der Waals surface area (Å²) in [6.07, 6.45) is 0. The molecule has 0 radical (unpaired) electrons. The van der Waals surface area contributed by atoms with Gasteiger partial charge in [0.1, 0.15) is 0 Å². The minimum atomic E-state index is -3.83. The highest BCUT2D eigenvalue weighted by molar-refractivity contribution is 8.13. The van der Waals surface area contributed by atoms with Crippen LogP contribution in [0.1, 0.15) is 36.7 Å². The number of nitrogens with one attached hydrogen (secondary N) is 1. The summed E-state index contributed by atoms with van der Waals surface area (Å²) in [7, 11) is 1.47. The molecule has 0 saturated heterocycles. The lowest BCUT2D eigenvalue weighted by Gasteiger charge is -2.16. The Labute approximate surface area is 124 Å². The Morgan fingerprint density at radius 1 is 1.30 bits per heavy atom. The van der Waals surface area contributed by atoms with Crippen LogP contribution in [0.15, 0.2) is 23.1 Å². The molecule has 0 saturated carbocycles. The van der Waals surface area contributed by atoms with E-state index in [1.165, 1.54) is 12.1 Å². The molecule has 20 heavy (non-hydrogen) atoms. The van der Waals surface area contributed by atoms with Crippen LogP contribution in [0.25, 0.3) is 0 Å². The van der Waals surface area contributed by atoms with Crippen LogP contribution in [0.3, 0.4) is 0 Å². The van der Waals surface area contributed by atoms with E-state index < -0.39 is 9.05 Å². The molecule has 6 heteroatoms. The predicted molar refractivity (Wildman–Crippen MR) is 80.6 cm³/mol. The van der Waals surface area contributed by atoms with E-state index in [0.29, 0.717) is 29.5 Å². The molecule has 1 unspecified atom stereocenters. The number of aryl methyl sites for hydroxylation is 1. The monoisotopic (exact) mass is 317 g/mol. The quantitative estimate of drug-likeness (QED) is 0.849. The molecule has 0 aliphatic carbocycles. The molecule has 0 fully saturated rings. The first-order chi connectivity index (χ1) is 9.12. The van der Waals surface area contributed by atoms with Gasteiger partial charge < -0.3 is 5.32 Å². The molecule has 0 spiro atoms. The standard InChI is InChI=1S/C14H20ClNO3S/c1-9(2)11(4)8-16-14(17)13-7-12(20(15,18)19)6-5-10(13)3/h5-7,9,11H,8H2,1-4H3,(H,16,17). The van der Waals surface area contributed by atoms with Crippen LogP contribution in [-0.4, -0.2) is 20.9 Å². The van der Waals surface area contributed by atoms with Crippen LogP contribution in [0.5, 0.6) is 0 Å². The number of amides is 1. The molecule has 1 aromatic carbocycles. The van der Waals surface area contributed by atoms with Crippen LogP contribution in [0.2, 0.25) is 0 Å². The zero-order valence-electron chi connectivity index (χ0n) is 12.1. The molecule has 1 rings (SSSR count). The molecule has 1 aromatic rings. The van der Waals surface area contributed by atoms with E-state index in [0.717, 1.165) is 0 Å². The lowest BCUT2D eigenvalue weighted by atomic mass is 9.98. The third-order valence-electron chi connectivity index (χ3n) is 3.46. The highest BCUT2D eigenvalue weighted by Crippen LogP contribution is 2.19. The fourth-order valence-corrected chi connectivity index (χ4v) is 2.36. The smallest absolute Gasteiger partial charge is 0.261 e. The van der Waals surface area contributed by atoms with Gasteiger partial charge in [0.15, 0.2) is 0 Å². The van der Waals surface area contributed by atoms with Crippen molar-refractivity contribution < 1.29 is 13.2 Å². The minimum Gasteiger partial charge on any atom is -0.352 e. The van der Waals surface area contributed by atoms with Crippen molar-refractivity contribution in [2.75, 3.05) is 6.54 Å². The highest BCUT2D eigenvalue weighted by Gasteiger charge is 2.16. The van der Waals surface area contributed by atoms with E-state index in [1.807, 2.05) is 0 Å². The zero-order chi connectivity index (χ0) is 15.5. The number of benzene rings is 1. The Morgan fingerprint density at radius 2 is 1.90 bits per heavy atom. The van der Waals surface area contributed by atoms with Crippen LogP contribution in [0.4, 0.5) is 0 Å². The Hall–Kier alpha value is -1.07. The highest BCUT2D eigenvalue weighted by atomic mass is 35.7. The van der Waals surface area contributed by atoms with E-state index in [4.69, 9.17) is 10.7 Å². The maximum absolute atomic E-state index is 12.1. The number of hydrogen-bond acceptors (Lipinski definition) is 3. The minimum absolute atomic E-state index is 0.0631. The molecule has 0 heterocycles. The van der Waals surface area contributed by atoms with Gasteiger partial charge >= 0.3 is 0 Å². The van der Waals surface area contributed by atoms with E-state index in [1.54, 1.807) is 13.0 Å². The lowest BCUT2D eigenvalue weighted by molar-refractivity contribution is 0.0944. The first kappa shape index (κ1) is 17.0. The lowest BCUT2D eigenvalue weighted by Crippen LogP contribution is -2.30. The summed E-state index contributed by atoms with van der Waals surface area (Å²) < 4.78 is 22.6. The second-order valence-corrected chi connectivity index (χ2v) is 7.91. The van der Waals surface area contributed by atoms with Crippen molar-refractivity contribution >= 4 is 25.6 Å². The molecule has 1 amide bonds. The molecule has 0 aliphatic heterocycles. The van der Waals surface area contributed by atoms with E-state index in [2.05, 4.69) is 26.1 Å². The van der Waals surface area contributed by atoms with E-state index in [9.17, 15) is 13.2 Å². The van der Waals surface area contributed by atoms with Crippen molar-refractivity contribution in [2.45, 2.75) is 32.6 Å². The van der Waals surface area contributed by atoms with Crippen LogP contribution in [0, 0.1) is 18.8 Å². The summed E-state index contributed by atoms with van der Waals surface area (Å²) in [5.41, 5.74) is 1.05. The van der Waals surface area contributed by atoms with Gasteiger partial charge in [-0.15, -0.1) is 0 Å². The zero-order valence-corrected chi connectivity index (χ0v) is 13.7. The van der Waals surface area contributed by atoms with E-state index >= 15 is 0 Å². The first-order valence-corrected chi connectivity index (χ1v) is 8.77. The average Bonchev–Trinajstić information content (AvgIpc) is 2.34. The van der Waals surface area contributed by atoms with Gasteiger partial charge in [-0.25, -0.2) is 8.42 Å². The van der Waals surface area contributed by atoms with E-state index in [-0.39, 0.29) is 10.8 Å². The Kier molecular flexibility index (Phi) is 5.59. The van der Waals surface area contributed by atoms with Gasteiger partial charge in [0.05, 0.1) is 4.90 Å². The molecule has 1 N–H and O–H groups in total. The van der Waals surface area contributed by atoms with Crippen LogP contribution in [-0.2, 0) is 9.05 Å². The van der Waals surface area contributed by atoms with Gasteiger partial charge in [-0.3, -0.25) is 4.79 Å². The normalized spacial score (nSPS) is 13.3. The number of rotatable bonds is 5. The third-order valence-corrected chi connectivity index (χ3v) is 4.81. The molecular formula is C14H20ClNO3S. The molecule has 112 valence electrons. The van der Waals surface area contributed by atoms with Gasteiger partial charge in [-0.2, -0.15) is 0 Å². The van der Waals surface area contributed by atoms with Crippen molar-refractivity contribution in [3.05, 3.63) is 29.3 Å². The SMILES string of the molecule is Cc1ccc(S(=O)(=O)Cl)cc1C(=O)NCC(C)C(C)C. The summed E-state index contributed by atoms with van der Waals surface area (Å²) in [6.45, 7) is 8.53. The summed E-state index contributed by atoms with van der Waals surface area (Å²) in [5, 5.41) is 2.82. The topological polar surface area (TPSA) is 63.2 Å². The second kappa shape index (κ2) is 6.59. The molecular weight excluding hydrogens is 298 g/mol. The summed E-state index contributed by atoms with van der Waals surface area (Å²) in [4.78, 5) is 12.1. The van der Waals surface area contributed by atoms with Crippen molar-refractivity contribution in [2.24, 2.45) is 11.8 Å². The van der Waals surface area contributed by atoms with Gasteiger partial charge in [0.2, 0.25) is 0 Å². The number of halogens is 1. The maximum atomic E-state index is 12.1. The Bertz CT molecular complexity index is 596. The van der Waals surface area contributed by atoms with Crippen LogP contribution >= 0.6 is 10.7 Å².